The molecule has 76 valence electrons. The van der Waals surface area contributed by atoms with Gasteiger partial charge in [0.1, 0.15) is 11.7 Å². The molecule has 0 fully saturated rings. The van der Waals surface area contributed by atoms with Gasteiger partial charge in [-0.25, -0.2) is 4.39 Å². The maximum Gasteiger partial charge on any atom is 0.241 e. The van der Waals surface area contributed by atoms with E-state index in [1.807, 2.05) is 6.92 Å². The Morgan fingerprint density at radius 3 is 2.79 bits per heavy atom. The van der Waals surface area contributed by atoms with Crippen LogP contribution in [0.5, 0.6) is 0 Å². The summed E-state index contributed by atoms with van der Waals surface area (Å²) in [5.41, 5.74) is 0.540. The quantitative estimate of drug-likeness (QED) is 0.710. The van der Waals surface area contributed by atoms with E-state index < -0.39 is 0 Å². The van der Waals surface area contributed by atoms with Crippen LogP contribution in [0.4, 0.5) is 10.1 Å². The lowest BCUT2D eigenvalue weighted by molar-refractivity contribution is -0.116. The van der Waals surface area contributed by atoms with Crippen molar-refractivity contribution >= 4 is 23.2 Å². The number of halogens is 2. The molecule has 0 spiro atoms. The fourth-order valence-corrected chi connectivity index (χ4v) is 1.36. The molecule has 1 aromatic rings. The molecule has 0 heterocycles. The molecule has 0 aromatic heterocycles. The summed E-state index contributed by atoms with van der Waals surface area (Å²) >= 11 is 5.43. The van der Waals surface area contributed by atoms with E-state index >= 15 is 0 Å². The summed E-state index contributed by atoms with van der Waals surface area (Å²) in [5, 5.41) is 0. The zero-order chi connectivity index (χ0) is 10.6. The van der Waals surface area contributed by atoms with Crippen LogP contribution in [0.3, 0.4) is 0 Å². The lowest BCUT2D eigenvalue weighted by Gasteiger charge is -2.19. The fraction of sp³-hybridized carbons (Fsp3) is 0.300. The average Bonchev–Trinajstić information content (AvgIpc) is 2.19. The molecule has 1 rings (SSSR count). The molecule has 0 aliphatic carbocycles. The molecule has 0 bridgehead atoms. The highest BCUT2D eigenvalue weighted by molar-refractivity contribution is 6.29. The van der Waals surface area contributed by atoms with Crippen molar-refractivity contribution in [1.29, 1.82) is 0 Å². The van der Waals surface area contributed by atoms with Crippen molar-refractivity contribution in [3.05, 3.63) is 30.1 Å². The number of nitrogens with zero attached hydrogens (tertiary/aromatic N) is 1. The molecule has 0 unspecified atom stereocenters. The normalized spacial score (nSPS) is 9.93. The standard InChI is InChI=1S/C10H11ClFNO/c1-2-13(10(14)7-11)9-5-3-4-8(12)6-9/h3-6H,2,7H2,1H3. The molecule has 0 saturated carbocycles. The molecule has 0 N–H and O–H groups in total. The van der Waals surface area contributed by atoms with Crippen LogP contribution in [0.1, 0.15) is 6.92 Å². The van der Waals surface area contributed by atoms with Crippen molar-refractivity contribution in [3.63, 3.8) is 0 Å². The minimum atomic E-state index is -0.358. The first-order valence-electron chi connectivity index (χ1n) is 4.31. The summed E-state index contributed by atoms with van der Waals surface area (Å²) in [7, 11) is 0. The van der Waals surface area contributed by atoms with E-state index in [0.717, 1.165) is 0 Å². The van der Waals surface area contributed by atoms with Crippen molar-refractivity contribution in [2.75, 3.05) is 17.3 Å². The van der Waals surface area contributed by atoms with Gasteiger partial charge in [-0.2, -0.15) is 0 Å². The number of rotatable bonds is 3. The van der Waals surface area contributed by atoms with Crippen LogP contribution in [0.2, 0.25) is 0 Å². The first-order valence-corrected chi connectivity index (χ1v) is 4.84. The van der Waals surface area contributed by atoms with E-state index in [1.54, 1.807) is 12.1 Å². The second-order valence-electron chi connectivity index (χ2n) is 2.75. The van der Waals surface area contributed by atoms with Gasteiger partial charge in [0.15, 0.2) is 0 Å². The number of carbonyl (C=O) groups is 1. The van der Waals surface area contributed by atoms with E-state index in [0.29, 0.717) is 12.2 Å². The number of hydrogen-bond acceptors (Lipinski definition) is 1. The smallest absolute Gasteiger partial charge is 0.241 e. The minimum Gasteiger partial charge on any atom is -0.312 e. The van der Waals surface area contributed by atoms with Crippen LogP contribution < -0.4 is 4.90 Å². The van der Waals surface area contributed by atoms with E-state index in [4.69, 9.17) is 11.6 Å². The molecular weight excluding hydrogens is 205 g/mol. The predicted molar refractivity (Wildman–Crippen MR) is 55.1 cm³/mol. The van der Waals surface area contributed by atoms with Gasteiger partial charge < -0.3 is 4.90 Å². The Labute approximate surface area is 87.3 Å². The predicted octanol–water partition coefficient (Wildman–Crippen LogP) is 2.42. The molecule has 1 amide bonds. The maximum atomic E-state index is 12.9. The molecule has 2 nitrogen and oxygen atoms in total. The lowest BCUT2D eigenvalue weighted by Crippen LogP contribution is -2.31. The summed E-state index contributed by atoms with van der Waals surface area (Å²) in [6.07, 6.45) is 0. The van der Waals surface area contributed by atoms with E-state index in [-0.39, 0.29) is 17.6 Å². The summed E-state index contributed by atoms with van der Waals surface area (Å²) in [6, 6.07) is 5.89. The van der Waals surface area contributed by atoms with E-state index in [9.17, 15) is 9.18 Å². The molecule has 0 aliphatic heterocycles. The molecule has 1 aromatic carbocycles. The van der Waals surface area contributed by atoms with Gasteiger partial charge in [0, 0.05) is 12.2 Å². The Bertz CT molecular complexity index is 330. The third-order valence-corrected chi connectivity index (χ3v) is 2.08. The number of hydrogen-bond donors (Lipinski definition) is 0. The van der Waals surface area contributed by atoms with Crippen molar-refractivity contribution in [1.82, 2.24) is 0 Å². The monoisotopic (exact) mass is 215 g/mol. The Balaban J connectivity index is 2.94. The minimum absolute atomic E-state index is 0.0929. The summed E-state index contributed by atoms with van der Waals surface area (Å²) < 4.78 is 12.9. The lowest BCUT2D eigenvalue weighted by atomic mass is 10.3. The van der Waals surface area contributed by atoms with Crippen molar-refractivity contribution in [2.45, 2.75) is 6.92 Å². The molecular formula is C10H11ClFNO. The Morgan fingerprint density at radius 1 is 1.57 bits per heavy atom. The van der Waals surface area contributed by atoms with Crippen LogP contribution in [-0.4, -0.2) is 18.3 Å². The number of anilines is 1. The van der Waals surface area contributed by atoms with Gasteiger partial charge in [-0.05, 0) is 25.1 Å². The summed E-state index contributed by atoms with van der Waals surface area (Å²) in [4.78, 5) is 12.8. The zero-order valence-electron chi connectivity index (χ0n) is 7.84. The van der Waals surface area contributed by atoms with Gasteiger partial charge >= 0.3 is 0 Å². The first kappa shape index (κ1) is 11.0. The zero-order valence-corrected chi connectivity index (χ0v) is 8.59. The highest BCUT2D eigenvalue weighted by Crippen LogP contribution is 2.15. The maximum absolute atomic E-state index is 12.9. The second kappa shape index (κ2) is 4.96. The van der Waals surface area contributed by atoms with Crippen LogP contribution in [0, 0.1) is 5.82 Å². The number of amides is 1. The Morgan fingerprint density at radius 2 is 2.29 bits per heavy atom. The van der Waals surface area contributed by atoms with Crippen molar-refractivity contribution in [2.24, 2.45) is 0 Å². The Hall–Kier alpha value is -1.09. The van der Waals surface area contributed by atoms with Crippen LogP contribution >= 0.6 is 11.6 Å². The van der Waals surface area contributed by atoms with Crippen LogP contribution in [-0.2, 0) is 4.79 Å². The molecule has 0 radical (unpaired) electrons. The highest BCUT2D eigenvalue weighted by Gasteiger charge is 2.12. The summed E-state index contributed by atoms with van der Waals surface area (Å²) in [5.74, 6) is -0.673. The third kappa shape index (κ3) is 2.45. The van der Waals surface area contributed by atoms with Gasteiger partial charge in [0.25, 0.3) is 0 Å². The fourth-order valence-electron chi connectivity index (χ4n) is 1.22. The molecule has 4 heteroatoms. The van der Waals surface area contributed by atoms with Gasteiger partial charge in [-0.3, -0.25) is 4.79 Å². The topological polar surface area (TPSA) is 20.3 Å². The molecule has 0 atom stereocenters. The van der Waals surface area contributed by atoms with Crippen molar-refractivity contribution in [3.8, 4) is 0 Å². The largest absolute Gasteiger partial charge is 0.312 e. The SMILES string of the molecule is CCN(C(=O)CCl)c1cccc(F)c1. The summed E-state index contributed by atoms with van der Waals surface area (Å²) in [6.45, 7) is 2.30. The molecule has 14 heavy (non-hydrogen) atoms. The number of carbonyl (C=O) groups excluding carboxylic acids is 1. The van der Waals surface area contributed by atoms with Gasteiger partial charge in [-0.15, -0.1) is 11.6 Å². The first-order chi connectivity index (χ1) is 6.69. The third-order valence-electron chi connectivity index (χ3n) is 1.85. The van der Waals surface area contributed by atoms with Crippen LogP contribution in [0.15, 0.2) is 24.3 Å². The molecule has 0 saturated heterocycles. The number of alkyl halides is 1. The van der Waals surface area contributed by atoms with E-state index in [2.05, 4.69) is 0 Å². The second-order valence-corrected chi connectivity index (χ2v) is 3.02. The van der Waals surface area contributed by atoms with Gasteiger partial charge in [0.2, 0.25) is 5.91 Å². The van der Waals surface area contributed by atoms with Crippen LogP contribution in [0.25, 0.3) is 0 Å². The highest BCUT2D eigenvalue weighted by atomic mass is 35.5. The van der Waals surface area contributed by atoms with Gasteiger partial charge in [-0.1, -0.05) is 6.07 Å². The van der Waals surface area contributed by atoms with Crippen molar-refractivity contribution < 1.29 is 9.18 Å². The van der Waals surface area contributed by atoms with Gasteiger partial charge in [0.05, 0.1) is 0 Å². The molecule has 0 aliphatic rings. The van der Waals surface area contributed by atoms with E-state index in [1.165, 1.54) is 17.0 Å². The Kier molecular flexibility index (Phi) is 3.89. The average molecular weight is 216 g/mol. The number of benzene rings is 1.